The van der Waals surface area contributed by atoms with E-state index in [9.17, 15) is 83.1 Å². The summed E-state index contributed by atoms with van der Waals surface area (Å²) >= 11 is 0. The number of rotatable bonds is 9. The summed E-state index contributed by atoms with van der Waals surface area (Å²) in [6.07, 6.45) is -15.3. The summed E-state index contributed by atoms with van der Waals surface area (Å²) in [7, 11) is -5.99. The van der Waals surface area contributed by atoms with Gasteiger partial charge >= 0.3 is 47.8 Å². The van der Waals surface area contributed by atoms with Gasteiger partial charge in [-0.2, -0.15) is 87.2 Å². The molecule has 0 aliphatic carbocycles. The van der Waals surface area contributed by atoms with E-state index in [1.54, 1.807) is 0 Å². The Bertz CT molecular complexity index is 766. The zero-order chi connectivity index (χ0) is 25.9. The van der Waals surface area contributed by atoms with Gasteiger partial charge in [0, 0.05) is 0 Å². The minimum Gasteiger partial charge on any atom is -0.199 e. The van der Waals surface area contributed by atoms with Gasteiger partial charge in [0.2, 0.25) is 0 Å². The van der Waals surface area contributed by atoms with E-state index in [1.807, 2.05) is 0 Å². The average molecular weight is 528 g/mol. The second kappa shape index (κ2) is 7.37. The van der Waals surface area contributed by atoms with Crippen molar-refractivity contribution < 1.29 is 87.2 Å². The van der Waals surface area contributed by atoms with Crippen molar-refractivity contribution in [2.24, 2.45) is 0 Å². The van der Waals surface area contributed by atoms with E-state index in [-0.39, 0.29) is 0 Å². The summed E-state index contributed by atoms with van der Waals surface area (Å²) in [5.74, 6) is -53.0. The van der Waals surface area contributed by atoms with Crippen LogP contribution in [0.15, 0.2) is 0 Å². The Balaban J connectivity index is 6.76. The third-order valence-corrected chi connectivity index (χ3v) is 4.45. The van der Waals surface area contributed by atoms with Gasteiger partial charge in [-0.1, -0.05) is 0 Å². The monoisotopic (exact) mass is 528 g/mol. The van der Waals surface area contributed by atoms with Crippen LogP contribution >= 0.6 is 0 Å². The maximum Gasteiger partial charge on any atom is 0.460 e. The van der Waals surface area contributed by atoms with Crippen LogP contribution in [0.1, 0.15) is 6.92 Å². The molecule has 0 N–H and O–H groups in total. The zero-order valence-electron chi connectivity index (χ0n) is 13.8. The van der Waals surface area contributed by atoms with Crippen molar-refractivity contribution >= 4 is 10.1 Å². The molecule has 31 heavy (non-hydrogen) atoms. The average Bonchev–Trinajstić information content (AvgIpc) is 2.51. The molecule has 0 saturated carbocycles. The number of halogens is 17. The molecule has 0 rings (SSSR count). The first-order chi connectivity index (χ1) is 13.0. The van der Waals surface area contributed by atoms with E-state index >= 15 is 0 Å². The Labute approximate surface area is 159 Å². The first-order valence-corrected chi connectivity index (χ1v) is 8.24. The molecule has 0 aliphatic heterocycles. The van der Waals surface area contributed by atoms with Gasteiger partial charge in [0.15, 0.2) is 0 Å². The highest BCUT2D eigenvalue weighted by Crippen LogP contribution is 2.64. The molecule has 0 radical (unpaired) electrons. The van der Waals surface area contributed by atoms with Crippen LogP contribution < -0.4 is 0 Å². The van der Waals surface area contributed by atoms with Gasteiger partial charge < -0.3 is 0 Å². The van der Waals surface area contributed by atoms with Gasteiger partial charge in [0.05, 0.1) is 5.75 Å². The Morgan fingerprint density at radius 2 is 0.774 bits per heavy atom. The molecule has 0 atom stereocenters. The summed E-state index contributed by atoms with van der Waals surface area (Å²) in [5, 5.41) is 0. The van der Waals surface area contributed by atoms with Crippen molar-refractivity contribution in [3.05, 3.63) is 0 Å². The molecular formula is C10H5F17O3S. The van der Waals surface area contributed by atoms with Crippen LogP contribution in [0.25, 0.3) is 0 Å². The van der Waals surface area contributed by atoms with Crippen molar-refractivity contribution in [1.82, 2.24) is 0 Å². The summed E-state index contributed by atoms with van der Waals surface area (Å²) in [6.45, 7) is 0.310. The predicted octanol–water partition coefficient (Wildman–Crippen LogP) is 5.32. The highest BCUT2D eigenvalue weighted by Gasteiger charge is 2.95. The molecule has 0 aliphatic rings. The molecule has 0 amide bonds. The molecule has 0 aromatic rings. The molecule has 0 aromatic heterocycles. The van der Waals surface area contributed by atoms with Gasteiger partial charge in [-0.15, -0.1) is 0 Å². The van der Waals surface area contributed by atoms with E-state index in [0.29, 0.717) is 6.92 Å². The van der Waals surface area contributed by atoms with E-state index < -0.39 is 63.7 Å². The molecule has 21 heteroatoms. The predicted molar refractivity (Wildman–Crippen MR) is 61.2 cm³/mol. The van der Waals surface area contributed by atoms with E-state index in [2.05, 4.69) is 4.18 Å². The zero-order valence-corrected chi connectivity index (χ0v) is 14.6. The second-order valence-electron chi connectivity index (χ2n) is 5.39. The maximum absolute atomic E-state index is 13.3. The molecule has 0 saturated heterocycles. The lowest BCUT2D eigenvalue weighted by molar-refractivity contribution is -0.471. The van der Waals surface area contributed by atoms with Crippen molar-refractivity contribution in [2.75, 3.05) is 5.75 Å². The molecular weight excluding hydrogens is 523 g/mol. The maximum atomic E-state index is 13.3. The fourth-order valence-electron chi connectivity index (χ4n) is 1.42. The van der Waals surface area contributed by atoms with E-state index in [1.165, 1.54) is 0 Å². The number of hydrogen-bond donors (Lipinski definition) is 0. The Morgan fingerprint density at radius 3 is 1.03 bits per heavy atom. The molecule has 0 unspecified atom stereocenters. The first-order valence-electron chi connectivity index (χ1n) is 6.66. The van der Waals surface area contributed by atoms with E-state index in [4.69, 9.17) is 0 Å². The summed E-state index contributed by atoms with van der Waals surface area (Å²) in [4.78, 5) is 0. The molecule has 0 heterocycles. The van der Waals surface area contributed by atoms with Gasteiger partial charge in [-0.3, -0.25) is 0 Å². The van der Waals surface area contributed by atoms with Crippen LogP contribution in [0.3, 0.4) is 0 Å². The molecule has 0 aromatic carbocycles. The highest BCUT2D eigenvalue weighted by molar-refractivity contribution is 7.86. The summed E-state index contributed by atoms with van der Waals surface area (Å²) in [6, 6.07) is 0. The Kier molecular flexibility index (Phi) is 7.07. The normalized spacial score (nSPS) is 16.6. The fraction of sp³-hybridized carbons (Fsp3) is 1.00. The Morgan fingerprint density at radius 1 is 0.516 bits per heavy atom. The quantitative estimate of drug-likeness (QED) is 0.301. The largest absolute Gasteiger partial charge is 0.460 e. The van der Waals surface area contributed by atoms with Crippen LogP contribution in [-0.4, -0.2) is 62.0 Å². The molecule has 0 fully saturated rings. The minimum absolute atomic E-state index is 0.310. The Hall–Kier alpha value is -1.28. The lowest BCUT2D eigenvalue weighted by Gasteiger charge is -2.42. The van der Waals surface area contributed by atoms with Gasteiger partial charge in [-0.25, -0.2) is 0 Å². The first kappa shape index (κ1) is 29.7. The molecule has 188 valence electrons. The van der Waals surface area contributed by atoms with Crippen LogP contribution in [-0.2, 0) is 14.3 Å². The van der Waals surface area contributed by atoms with Gasteiger partial charge in [0.1, 0.15) is 0 Å². The minimum atomic E-state index is -8.79. The standard InChI is InChI=1S/C10H5F17O3S/c1-2-31(28,29)30-10(26,27)8(21,22)6(17,18)4(13,14)3(11,12)5(15,16)7(19,20)9(23,24)25/h2H2,1H3. The molecule has 0 bridgehead atoms. The summed E-state index contributed by atoms with van der Waals surface area (Å²) < 4.78 is 242. The fourth-order valence-corrected chi connectivity index (χ4v) is 1.96. The number of alkyl halides is 17. The lowest BCUT2D eigenvalue weighted by atomic mass is 9.91. The van der Waals surface area contributed by atoms with Crippen LogP contribution in [0, 0.1) is 0 Å². The van der Waals surface area contributed by atoms with Crippen molar-refractivity contribution in [2.45, 2.75) is 54.7 Å². The summed E-state index contributed by atoms with van der Waals surface area (Å²) in [5.41, 5.74) is 0. The highest BCUT2D eigenvalue weighted by atomic mass is 32.2. The smallest absolute Gasteiger partial charge is 0.199 e. The van der Waals surface area contributed by atoms with Gasteiger partial charge in [0.25, 0.3) is 10.1 Å². The van der Waals surface area contributed by atoms with Crippen molar-refractivity contribution in [3.8, 4) is 0 Å². The molecule has 3 nitrogen and oxygen atoms in total. The third-order valence-electron chi connectivity index (χ3n) is 3.28. The topological polar surface area (TPSA) is 43.4 Å². The lowest BCUT2D eigenvalue weighted by Crippen LogP contribution is -2.74. The second-order valence-corrected chi connectivity index (χ2v) is 7.25. The van der Waals surface area contributed by atoms with Crippen LogP contribution in [0.5, 0.6) is 0 Å². The van der Waals surface area contributed by atoms with Crippen LogP contribution in [0.2, 0.25) is 0 Å². The number of hydrogen-bond acceptors (Lipinski definition) is 3. The van der Waals surface area contributed by atoms with Crippen LogP contribution in [0.4, 0.5) is 74.6 Å². The third kappa shape index (κ3) is 4.10. The van der Waals surface area contributed by atoms with Crippen molar-refractivity contribution in [3.63, 3.8) is 0 Å². The molecule has 0 spiro atoms. The van der Waals surface area contributed by atoms with Crippen molar-refractivity contribution in [1.29, 1.82) is 0 Å². The van der Waals surface area contributed by atoms with E-state index in [0.717, 1.165) is 0 Å². The SMILES string of the molecule is CCS(=O)(=O)OC(F)(F)C(F)(F)C(F)(F)C(F)(F)C(F)(F)C(F)(F)C(F)(F)C(F)(F)F. The van der Waals surface area contributed by atoms with Gasteiger partial charge in [-0.05, 0) is 6.92 Å².